The number of nitrogens with one attached hydrogen (secondary N) is 1. The van der Waals surface area contributed by atoms with Crippen LogP contribution < -0.4 is 4.74 Å². The lowest BCUT2D eigenvalue weighted by atomic mass is 10.0. The Morgan fingerprint density at radius 1 is 0.969 bits per heavy atom. The second-order valence-electron chi connectivity index (χ2n) is 7.17. The Hall–Kier alpha value is -4.52. The first kappa shape index (κ1) is 19.4. The number of carbonyl (C=O) groups is 1. The van der Waals surface area contributed by atoms with Crippen molar-refractivity contribution >= 4 is 33.4 Å². The number of H-pyrrole nitrogens is 1. The van der Waals surface area contributed by atoms with Crippen molar-refractivity contribution in [3.05, 3.63) is 84.4 Å². The van der Waals surface area contributed by atoms with E-state index in [0.29, 0.717) is 33.1 Å². The molecule has 0 saturated heterocycles. The molecule has 2 aromatic heterocycles. The standard InChI is InChI=1S/C25H18N4O3/c1-32-16-12-10-15(11-13-16)22-14-19(17-6-2-4-8-20(17)26-22)24(30)29-28-23-18-7-3-5-9-21(18)27-25(23)31/h2-14,27,31H,1H3. The van der Waals surface area contributed by atoms with Crippen LogP contribution in [0.25, 0.3) is 33.1 Å². The van der Waals surface area contributed by atoms with Crippen LogP contribution in [0.2, 0.25) is 0 Å². The van der Waals surface area contributed by atoms with Gasteiger partial charge in [0.25, 0.3) is 5.91 Å². The number of rotatable bonds is 4. The van der Waals surface area contributed by atoms with E-state index < -0.39 is 5.91 Å². The predicted molar refractivity (Wildman–Crippen MR) is 123 cm³/mol. The zero-order valence-corrected chi connectivity index (χ0v) is 17.1. The van der Waals surface area contributed by atoms with Crippen molar-refractivity contribution in [2.75, 3.05) is 7.11 Å². The Balaban J connectivity index is 1.58. The number of amides is 1. The zero-order valence-electron chi connectivity index (χ0n) is 17.1. The van der Waals surface area contributed by atoms with Gasteiger partial charge >= 0.3 is 0 Å². The van der Waals surface area contributed by atoms with Gasteiger partial charge in [-0.05, 0) is 42.5 Å². The van der Waals surface area contributed by atoms with Crippen LogP contribution in [0.15, 0.2) is 89.1 Å². The third-order valence-electron chi connectivity index (χ3n) is 5.23. The van der Waals surface area contributed by atoms with Gasteiger partial charge in [0.05, 0.1) is 29.4 Å². The predicted octanol–water partition coefficient (Wildman–Crippen LogP) is 6.02. The fraction of sp³-hybridized carbons (Fsp3) is 0.0400. The summed E-state index contributed by atoms with van der Waals surface area (Å²) in [7, 11) is 1.61. The zero-order chi connectivity index (χ0) is 22.1. The first-order valence-electron chi connectivity index (χ1n) is 9.94. The number of hydrogen-bond donors (Lipinski definition) is 2. The van der Waals surface area contributed by atoms with Crippen LogP contribution in [-0.4, -0.2) is 28.1 Å². The number of pyridine rings is 1. The molecule has 0 spiro atoms. The normalized spacial score (nSPS) is 11.4. The number of aromatic amines is 1. The van der Waals surface area contributed by atoms with Crippen molar-refractivity contribution in [3.63, 3.8) is 0 Å². The van der Waals surface area contributed by atoms with E-state index in [1.165, 1.54) is 0 Å². The van der Waals surface area contributed by atoms with Crippen molar-refractivity contribution in [1.82, 2.24) is 9.97 Å². The molecule has 5 aromatic rings. The van der Waals surface area contributed by atoms with Gasteiger partial charge in [0.2, 0.25) is 5.88 Å². The minimum Gasteiger partial charge on any atom is -0.497 e. The van der Waals surface area contributed by atoms with Gasteiger partial charge in [-0.15, -0.1) is 10.2 Å². The van der Waals surface area contributed by atoms with Crippen LogP contribution in [0.5, 0.6) is 11.6 Å². The smallest absolute Gasteiger partial charge is 0.296 e. The number of para-hydroxylation sites is 2. The Labute approximate surface area is 183 Å². The van der Waals surface area contributed by atoms with Gasteiger partial charge in [-0.1, -0.05) is 36.4 Å². The van der Waals surface area contributed by atoms with E-state index in [1.54, 1.807) is 19.2 Å². The molecule has 0 saturated carbocycles. The molecule has 2 N–H and O–H groups in total. The number of aromatic nitrogens is 2. The highest BCUT2D eigenvalue weighted by Gasteiger charge is 2.15. The minimum absolute atomic E-state index is 0.138. The fourth-order valence-electron chi connectivity index (χ4n) is 3.63. The lowest BCUT2D eigenvalue weighted by molar-refractivity contribution is 0.0996. The Morgan fingerprint density at radius 3 is 2.47 bits per heavy atom. The Morgan fingerprint density at radius 2 is 1.69 bits per heavy atom. The monoisotopic (exact) mass is 422 g/mol. The summed E-state index contributed by atoms with van der Waals surface area (Å²) in [5.74, 6) is 0.0717. The fourth-order valence-corrected chi connectivity index (χ4v) is 3.63. The van der Waals surface area contributed by atoms with E-state index in [0.717, 1.165) is 11.3 Å². The third kappa shape index (κ3) is 3.45. The van der Waals surface area contributed by atoms with Crippen molar-refractivity contribution in [3.8, 4) is 22.9 Å². The van der Waals surface area contributed by atoms with Gasteiger partial charge in [-0.2, -0.15) is 0 Å². The first-order chi connectivity index (χ1) is 15.6. The number of benzene rings is 3. The van der Waals surface area contributed by atoms with E-state index in [1.807, 2.05) is 66.7 Å². The second-order valence-corrected chi connectivity index (χ2v) is 7.17. The first-order valence-corrected chi connectivity index (χ1v) is 9.94. The maximum absolute atomic E-state index is 13.1. The van der Waals surface area contributed by atoms with Gasteiger partial charge in [0, 0.05) is 16.3 Å². The highest BCUT2D eigenvalue weighted by Crippen LogP contribution is 2.35. The number of hydrogen-bond acceptors (Lipinski definition) is 5. The average Bonchev–Trinajstić information content (AvgIpc) is 3.16. The number of aromatic hydroxyl groups is 1. The van der Waals surface area contributed by atoms with E-state index in [2.05, 4.69) is 15.2 Å². The summed E-state index contributed by atoms with van der Waals surface area (Å²) in [6.07, 6.45) is 0. The Kier molecular flexibility index (Phi) is 4.84. The maximum Gasteiger partial charge on any atom is 0.296 e. The van der Waals surface area contributed by atoms with Crippen LogP contribution in [0.4, 0.5) is 5.69 Å². The topological polar surface area (TPSA) is 99.9 Å². The highest BCUT2D eigenvalue weighted by molar-refractivity contribution is 6.07. The third-order valence-corrected chi connectivity index (χ3v) is 5.23. The van der Waals surface area contributed by atoms with Crippen LogP contribution in [0, 0.1) is 0 Å². The molecular weight excluding hydrogens is 404 g/mol. The summed E-state index contributed by atoms with van der Waals surface area (Å²) in [4.78, 5) is 20.6. The number of methoxy groups -OCH3 is 1. The van der Waals surface area contributed by atoms with E-state index >= 15 is 0 Å². The van der Waals surface area contributed by atoms with Crippen molar-refractivity contribution in [1.29, 1.82) is 0 Å². The lowest BCUT2D eigenvalue weighted by Crippen LogP contribution is -1.99. The van der Waals surface area contributed by atoms with E-state index in [4.69, 9.17) is 9.72 Å². The molecule has 32 heavy (non-hydrogen) atoms. The van der Waals surface area contributed by atoms with Crippen LogP contribution in [0.3, 0.4) is 0 Å². The van der Waals surface area contributed by atoms with Crippen LogP contribution in [0.1, 0.15) is 10.4 Å². The molecule has 5 rings (SSSR count). The Bertz CT molecular complexity index is 1490. The number of carbonyl (C=O) groups excluding carboxylic acids is 1. The summed E-state index contributed by atoms with van der Waals surface area (Å²) in [5.41, 5.74) is 3.47. The molecule has 1 amide bonds. The highest BCUT2D eigenvalue weighted by atomic mass is 16.5. The van der Waals surface area contributed by atoms with Gasteiger partial charge in [-0.25, -0.2) is 4.98 Å². The van der Waals surface area contributed by atoms with E-state index in [9.17, 15) is 9.90 Å². The number of azo groups is 1. The molecule has 0 fully saturated rings. The largest absolute Gasteiger partial charge is 0.497 e. The molecule has 7 nitrogen and oxygen atoms in total. The molecule has 156 valence electrons. The quantitative estimate of drug-likeness (QED) is 0.346. The average molecular weight is 422 g/mol. The summed E-state index contributed by atoms with van der Waals surface area (Å²) in [6.45, 7) is 0. The molecule has 0 aliphatic carbocycles. The van der Waals surface area contributed by atoms with Gasteiger partial charge in [-0.3, -0.25) is 4.79 Å². The van der Waals surface area contributed by atoms with Crippen LogP contribution in [-0.2, 0) is 0 Å². The number of nitrogens with zero attached hydrogens (tertiary/aromatic N) is 3. The second kappa shape index (κ2) is 7.96. The summed E-state index contributed by atoms with van der Waals surface area (Å²) in [6, 6.07) is 23.8. The SMILES string of the molecule is COc1ccc(-c2cc(C(=O)N=Nc3c(O)[nH]c4ccccc34)c3ccccc3n2)cc1. The van der Waals surface area contributed by atoms with E-state index in [-0.39, 0.29) is 11.6 Å². The lowest BCUT2D eigenvalue weighted by Gasteiger charge is -2.08. The van der Waals surface area contributed by atoms with Crippen molar-refractivity contribution in [2.45, 2.75) is 0 Å². The molecule has 7 heteroatoms. The summed E-state index contributed by atoms with van der Waals surface area (Å²) >= 11 is 0. The molecule has 0 unspecified atom stereocenters. The van der Waals surface area contributed by atoms with Crippen LogP contribution >= 0.6 is 0 Å². The molecule has 0 radical (unpaired) electrons. The number of fused-ring (bicyclic) bond motifs is 2. The number of ether oxygens (including phenoxy) is 1. The van der Waals surface area contributed by atoms with Gasteiger partial charge < -0.3 is 14.8 Å². The molecule has 0 atom stereocenters. The summed E-state index contributed by atoms with van der Waals surface area (Å²) < 4.78 is 5.22. The van der Waals surface area contributed by atoms with Gasteiger partial charge in [0.15, 0.2) is 5.69 Å². The molecule has 3 aromatic carbocycles. The van der Waals surface area contributed by atoms with Crippen molar-refractivity contribution < 1.29 is 14.6 Å². The molecule has 0 aliphatic heterocycles. The maximum atomic E-state index is 13.1. The van der Waals surface area contributed by atoms with Gasteiger partial charge in [0.1, 0.15) is 5.75 Å². The molecule has 0 aliphatic rings. The van der Waals surface area contributed by atoms with Crippen molar-refractivity contribution in [2.24, 2.45) is 10.2 Å². The summed E-state index contributed by atoms with van der Waals surface area (Å²) in [5, 5.41) is 19.5. The molecule has 0 bridgehead atoms. The molecule has 2 heterocycles. The minimum atomic E-state index is -0.525. The molecular formula is C25H18N4O3.